The van der Waals surface area contributed by atoms with Crippen LogP contribution in [0.4, 0.5) is 0 Å². The van der Waals surface area contributed by atoms with E-state index in [0.29, 0.717) is 51.4 Å². The summed E-state index contributed by atoms with van der Waals surface area (Å²) in [5.74, 6) is -1.68. The Bertz CT molecular complexity index is 1440. The maximum atomic E-state index is 13.8. The third-order valence-corrected chi connectivity index (χ3v) is 8.78. The molecule has 2 amide bonds. The van der Waals surface area contributed by atoms with Crippen LogP contribution < -0.4 is 10.6 Å². The Kier molecular flexibility index (Phi) is 11.2. The highest BCUT2D eigenvalue weighted by molar-refractivity contribution is 6.35. The fourth-order valence-corrected chi connectivity index (χ4v) is 6.78. The SMILES string of the molecule is CCCC(O)(CCC)[C@H](NC(=O)C(=O)N[C@H](c1ccc2ccccc2c1)C(O)(CCC)CCC)c1ccc2ccccc2c1. The van der Waals surface area contributed by atoms with Gasteiger partial charge in [0.05, 0.1) is 23.3 Å². The number of carbonyl (C=O) groups is 2. The molecule has 4 aromatic rings. The molecule has 44 heavy (non-hydrogen) atoms. The molecule has 0 aromatic heterocycles. The first-order valence-electron chi connectivity index (χ1n) is 16.2. The topological polar surface area (TPSA) is 98.7 Å². The van der Waals surface area contributed by atoms with Gasteiger partial charge in [-0.1, -0.05) is 126 Å². The minimum atomic E-state index is -1.25. The summed E-state index contributed by atoms with van der Waals surface area (Å²) in [6, 6.07) is 26.1. The van der Waals surface area contributed by atoms with Crippen molar-refractivity contribution in [3.63, 3.8) is 0 Å². The smallest absolute Gasteiger partial charge is 0.309 e. The Labute approximate surface area is 261 Å². The summed E-state index contributed by atoms with van der Waals surface area (Å²) in [4.78, 5) is 27.5. The molecule has 4 N–H and O–H groups in total. The molecule has 0 radical (unpaired) electrons. The number of carbonyl (C=O) groups excluding carboxylic acids is 2. The Morgan fingerprint density at radius 3 is 1.18 bits per heavy atom. The highest BCUT2D eigenvalue weighted by Gasteiger charge is 2.41. The van der Waals surface area contributed by atoms with Gasteiger partial charge in [0.15, 0.2) is 0 Å². The van der Waals surface area contributed by atoms with Crippen LogP contribution in [0.3, 0.4) is 0 Å². The standard InChI is InChI=1S/C38H48N2O4/c1-5-21-37(43,22-6-2)33(31-19-17-27-13-9-11-15-29(27)25-31)39-35(41)36(42)40-34(38(44,23-7-3)24-8-4)32-20-18-28-14-10-12-16-30(28)26-32/h9-20,25-26,33-34,43-44H,5-8,21-24H2,1-4H3,(H,39,41)(H,40,42)/t33-,34-/m1/s1. The van der Waals surface area contributed by atoms with E-state index in [-0.39, 0.29) is 0 Å². The van der Waals surface area contributed by atoms with Crippen molar-refractivity contribution in [2.75, 3.05) is 0 Å². The van der Waals surface area contributed by atoms with Gasteiger partial charge in [0.1, 0.15) is 0 Å². The number of hydrogen-bond donors (Lipinski definition) is 4. The van der Waals surface area contributed by atoms with Gasteiger partial charge in [0.25, 0.3) is 0 Å². The van der Waals surface area contributed by atoms with Gasteiger partial charge in [0, 0.05) is 0 Å². The van der Waals surface area contributed by atoms with Crippen LogP contribution in [0.25, 0.3) is 21.5 Å². The van der Waals surface area contributed by atoms with Crippen molar-refractivity contribution < 1.29 is 19.8 Å². The third-order valence-electron chi connectivity index (χ3n) is 8.78. The number of amides is 2. The molecule has 0 unspecified atom stereocenters. The van der Waals surface area contributed by atoms with E-state index in [1.807, 2.05) is 113 Å². The van der Waals surface area contributed by atoms with Gasteiger partial charge in [-0.3, -0.25) is 9.59 Å². The molecular weight excluding hydrogens is 548 g/mol. The quantitative estimate of drug-likeness (QED) is 0.112. The molecule has 4 aromatic carbocycles. The molecule has 6 nitrogen and oxygen atoms in total. The fraction of sp³-hybridized carbons (Fsp3) is 0.421. The fourth-order valence-electron chi connectivity index (χ4n) is 6.78. The van der Waals surface area contributed by atoms with Crippen molar-refractivity contribution in [3.05, 3.63) is 96.1 Å². The molecule has 0 heterocycles. The summed E-state index contributed by atoms with van der Waals surface area (Å²) >= 11 is 0. The van der Waals surface area contributed by atoms with Crippen LogP contribution in [0.15, 0.2) is 84.9 Å². The van der Waals surface area contributed by atoms with Gasteiger partial charge in [0.2, 0.25) is 0 Å². The van der Waals surface area contributed by atoms with E-state index in [4.69, 9.17) is 0 Å². The van der Waals surface area contributed by atoms with Crippen molar-refractivity contribution >= 4 is 33.4 Å². The van der Waals surface area contributed by atoms with Crippen LogP contribution >= 0.6 is 0 Å². The zero-order chi connectivity index (χ0) is 31.7. The van der Waals surface area contributed by atoms with E-state index in [1.54, 1.807) is 0 Å². The Morgan fingerprint density at radius 1 is 0.545 bits per heavy atom. The van der Waals surface area contributed by atoms with E-state index in [9.17, 15) is 19.8 Å². The molecule has 6 heteroatoms. The van der Waals surface area contributed by atoms with Gasteiger partial charge < -0.3 is 20.8 Å². The van der Waals surface area contributed by atoms with E-state index >= 15 is 0 Å². The normalized spacial score (nSPS) is 13.5. The summed E-state index contributed by atoms with van der Waals surface area (Å²) in [7, 11) is 0. The van der Waals surface area contributed by atoms with Crippen molar-refractivity contribution in [2.24, 2.45) is 0 Å². The van der Waals surface area contributed by atoms with Crippen molar-refractivity contribution in [1.82, 2.24) is 10.6 Å². The first kappa shape index (κ1) is 33.2. The van der Waals surface area contributed by atoms with Crippen LogP contribution in [0.2, 0.25) is 0 Å². The molecule has 234 valence electrons. The summed E-state index contributed by atoms with van der Waals surface area (Å²) in [5, 5.41) is 33.9. The van der Waals surface area contributed by atoms with Crippen molar-refractivity contribution in [2.45, 2.75) is 102 Å². The first-order valence-corrected chi connectivity index (χ1v) is 16.2. The Balaban J connectivity index is 1.70. The lowest BCUT2D eigenvalue weighted by molar-refractivity contribution is -0.143. The predicted octanol–water partition coefficient (Wildman–Crippen LogP) is 7.67. The molecule has 0 aliphatic heterocycles. The van der Waals surface area contributed by atoms with Gasteiger partial charge in [-0.15, -0.1) is 0 Å². The lowest BCUT2D eigenvalue weighted by atomic mass is 9.80. The van der Waals surface area contributed by atoms with Crippen LogP contribution in [0.1, 0.15) is 102 Å². The summed E-state index contributed by atoms with van der Waals surface area (Å²) in [6.45, 7) is 8.01. The maximum Gasteiger partial charge on any atom is 0.309 e. The average Bonchev–Trinajstić information content (AvgIpc) is 3.02. The minimum absolute atomic E-state index is 0.465. The Morgan fingerprint density at radius 2 is 0.864 bits per heavy atom. The van der Waals surface area contributed by atoms with E-state index in [0.717, 1.165) is 32.7 Å². The number of rotatable bonds is 14. The summed E-state index contributed by atoms with van der Waals surface area (Å²) < 4.78 is 0. The zero-order valence-corrected chi connectivity index (χ0v) is 26.6. The van der Waals surface area contributed by atoms with Crippen LogP contribution in [0, 0.1) is 0 Å². The van der Waals surface area contributed by atoms with Gasteiger partial charge in [-0.05, 0) is 70.5 Å². The molecule has 0 fully saturated rings. The van der Waals surface area contributed by atoms with Gasteiger partial charge in [-0.2, -0.15) is 0 Å². The molecule has 0 aliphatic carbocycles. The maximum absolute atomic E-state index is 13.8. The van der Waals surface area contributed by atoms with Gasteiger partial charge in [-0.25, -0.2) is 0 Å². The number of benzene rings is 4. The van der Waals surface area contributed by atoms with E-state index in [1.165, 1.54) is 0 Å². The number of nitrogens with one attached hydrogen (secondary N) is 2. The lowest BCUT2D eigenvalue weighted by Gasteiger charge is -2.38. The van der Waals surface area contributed by atoms with Crippen molar-refractivity contribution in [3.8, 4) is 0 Å². The van der Waals surface area contributed by atoms with Gasteiger partial charge >= 0.3 is 11.8 Å². The second-order valence-electron chi connectivity index (χ2n) is 12.2. The minimum Gasteiger partial charge on any atom is -0.387 e. The predicted molar refractivity (Wildman–Crippen MR) is 179 cm³/mol. The second kappa shape index (κ2) is 14.8. The molecular formula is C38H48N2O4. The molecule has 0 bridgehead atoms. The van der Waals surface area contributed by atoms with Crippen LogP contribution in [-0.2, 0) is 9.59 Å². The second-order valence-corrected chi connectivity index (χ2v) is 12.2. The average molecular weight is 597 g/mol. The highest BCUT2D eigenvalue weighted by atomic mass is 16.3. The molecule has 0 saturated heterocycles. The molecule has 0 saturated carbocycles. The largest absolute Gasteiger partial charge is 0.387 e. The molecule has 0 aliphatic rings. The highest BCUT2D eigenvalue weighted by Crippen LogP contribution is 2.37. The molecule has 2 atom stereocenters. The van der Waals surface area contributed by atoms with Crippen LogP contribution in [0.5, 0.6) is 0 Å². The summed E-state index contributed by atoms with van der Waals surface area (Å²) in [5.41, 5.74) is -1.00. The monoisotopic (exact) mass is 596 g/mol. The zero-order valence-electron chi connectivity index (χ0n) is 26.6. The third kappa shape index (κ3) is 7.48. The van der Waals surface area contributed by atoms with E-state index < -0.39 is 35.1 Å². The molecule has 0 spiro atoms. The number of fused-ring (bicyclic) bond motifs is 2. The number of aliphatic hydroxyl groups is 2. The van der Waals surface area contributed by atoms with Crippen LogP contribution in [-0.4, -0.2) is 33.2 Å². The lowest BCUT2D eigenvalue weighted by Crippen LogP contribution is -2.53. The number of hydrogen-bond acceptors (Lipinski definition) is 4. The summed E-state index contributed by atoms with van der Waals surface area (Å²) in [6.07, 6.45) is 4.72. The first-order chi connectivity index (χ1) is 21.2. The van der Waals surface area contributed by atoms with Crippen molar-refractivity contribution in [1.29, 1.82) is 0 Å². The Hall–Kier alpha value is -3.74. The van der Waals surface area contributed by atoms with E-state index in [2.05, 4.69) is 10.6 Å². The molecule has 4 rings (SSSR count).